The van der Waals surface area contributed by atoms with Crippen LogP contribution >= 0.6 is 0 Å². The minimum Gasteiger partial charge on any atom is -0.367 e. The van der Waals surface area contributed by atoms with Crippen molar-refractivity contribution in [3.63, 3.8) is 0 Å². The highest BCUT2D eigenvalue weighted by Crippen LogP contribution is 2.36. The Hall–Kier alpha value is -1.57. The van der Waals surface area contributed by atoms with Crippen LogP contribution in [0.4, 0.5) is 5.82 Å². The van der Waals surface area contributed by atoms with E-state index in [0.29, 0.717) is 11.5 Å². The van der Waals surface area contributed by atoms with Crippen LogP contribution in [0.15, 0.2) is 36.5 Å². The second kappa shape index (κ2) is 4.84. The monoisotopic (exact) mass is 254 g/mol. The molecule has 0 atom stereocenters. The standard InChI is InChI=1S/C17H22N2/c1-17(2)10-7-14(8-11-17)19-16-15-6-4-3-5-13(15)9-12-18-16/h3-6,9,12,14H,7-8,10-11H2,1-2H3,(H,18,19). The minimum absolute atomic E-state index is 0.518. The molecule has 3 rings (SSSR count). The predicted octanol–water partition coefficient (Wildman–Crippen LogP) is 4.62. The summed E-state index contributed by atoms with van der Waals surface area (Å²) in [5.74, 6) is 1.04. The first-order valence-corrected chi connectivity index (χ1v) is 7.24. The van der Waals surface area contributed by atoms with Crippen LogP contribution in [0.5, 0.6) is 0 Å². The summed E-state index contributed by atoms with van der Waals surface area (Å²) >= 11 is 0. The Morgan fingerprint density at radius 2 is 1.84 bits per heavy atom. The minimum atomic E-state index is 0.518. The van der Waals surface area contributed by atoms with E-state index in [-0.39, 0.29) is 0 Å². The van der Waals surface area contributed by atoms with Gasteiger partial charge in [0.2, 0.25) is 0 Å². The van der Waals surface area contributed by atoms with Crippen LogP contribution in [0.3, 0.4) is 0 Å². The Balaban J connectivity index is 1.79. The van der Waals surface area contributed by atoms with Gasteiger partial charge in [0.05, 0.1) is 0 Å². The number of fused-ring (bicyclic) bond motifs is 1. The van der Waals surface area contributed by atoms with Gasteiger partial charge in [0.15, 0.2) is 0 Å². The third-order valence-corrected chi connectivity index (χ3v) is 4.35. The number of nitrogens with zero attached hydrogens (tertiary/aromatic N) is 1. The Labute approximate surface area is 115 Å². The molecule has 1 aliphatic carbocycles. The third kappa shape index (κ3) is 2.73. The van der Waals surface area contributed by atoms with Crippen molar-refractivity contribution in [2.75, 3.05) is 5.32 Å². The summed E-state index contributed by atoms with van der Waals surface area (Å²) in [5, 5.41) is 6.14. The second-order valence-electron chi connectivity index (χ2n) is 6.46. The number of rotatable bonds is 2. The molecule has 100 valence electrons. The van der Waals surface area contributed by atoms with Gasteiger partial charge in [-0.05, 0) is 42.6 Å². The van der Waals surface area contributed by atoms with Crippen LogP contribution in [0.25, 0.3) is 10.8 Å². The van der Waals surface area contributed by atoms with Gasteiger partial charge in [0.1, 0.15) is 5.82 Å². The van der Waals surface area contributed by atoms with Gasteiger partial charge in [-0.25, -0.2) is 4.98 Å². The fourth-order valence-corrected chi connectivity index (χ4v) is 2.97. The van der Waals surface area contributed by atoms with Crippen molar-refractivity contribution in [3.8, 4) is 0 Å². The van der Waals surface area contributed by atoms with Crippen molar-refractivity contribution >= 4 is 16.6 Å². The van der Waals surface area contributed by atoms with Crippen molar-refractivity contribution in [3.05, 3.63) is 36.5 Å². The topological polar surface area (TPSA) is 24.9 Å². The lowest BCUT2D eigenvalue weighted by Gasteiger charge is -2.35. The van der Waals surface area contributed by atoms with E-state index in [1.165, 1.54) is 36.5 Å². The first-order valence-electron chi connectivity index (χ1n) is 7.24. The van der Waals surface area contributed by atoms with Crippen LogP contribution in [0.1, 0.15) is 39.5 Å². The van der Waals surface area contributed by atoms with Crippen LogP contribution < -0.4 is 5.32 Å². The summed E-state index contributed by atoms with van der Waals surface area (Å²) in [4.78, 5) is 4.53. The van der Waals surface area contributed by atoms with E-state index in [1.807, 2.05) is 6.20 Å². The van der Waals surface area contributed by atoms with Crippen molar-refractivity contribution in [2.45, 2.75) is 45.6 Å². The molecule has 1 saturated carbocycles. The normalized spacial score (nSPS) is 19.5. The Morgan fingerprint density at radius 3 is 2.63 bits per heavy atom. The molecule has 0 radical (unpaired) electrons. The van der Waals surface area contributed by atoms with Crippen LogP contribution in [0, 0.1) is 5.41 Å². The quantitative estimate of drug-likeness (QED) is 0.846. The van der Waals surface area contributed by atoms with E-state index in [4.69, 9.17) is 0 Å². The molecule has 1 aromatic heterocycles. The molecule has 2 aromatic rings. The van der Waals surface area contributed by atoms with Gasteiger partial charge in [0.25, 0.3) is 0 Å². The number of anilines is 1. The molecule has 1 aliphatic rings. The Kier molecular flexibility index (Phi) is 3.17. The zero-order valence-corrected chi connectivity index (χ0v) is 11.8. The molecule has 0 aliphatic heterocycles. The van der Waals surface area contributed by atoms with E-state index in [1.54, 1.807) is 0 Å². The molecule has 0 bridgehead atoms. The van der Waals surface area contributed by atoms with Gasteiger partial charge < -0.3 is 5.32 Å². The molecule has 1 N–H and O–H groups in total. The van der Waals surface area contributed by atoms with E-state index in [2.05, 4.69) is 54.5 Å². The molecule has 0 amide bonds. The van der Waals surface area contributed by atoms with Crippen molar-refractivity contribution in [2.24, 2.45) is 5.41 Å². The molecular weight excluding hydrogens is 232 g/mol. The zero-order chi connectivity index (χ0) is 13.3. The molecule has 1 fully saturated rings. The molecule has 2 nitrogen and oxygen atoms in total. The Morgan fingerprint density at radius 1 is 1.11 bits per heavy atom. The molecule has 0 spiro atoms. The van der Waals surface area contributed by atoms with Crippen LogP contribution in [0.2, 0.25) is 0 Å². The number of nitrogens with one attached hydrogen (secondary N) is 1. The average molecular weight is 254 g/mol. The first kappa shape index (κ1) is 12.5. The van der Waals surface area contributed by atoms with Crippen LogP contribution in [-0.2, 0) is 0 Å². The number of benzene rings is 1. The largest absolute Gasteiger partial charge is 0.367 e. The summed E-state index contributed by atoms with van der Waals surface area (Å²) in [6, 6.07) is 11.1. The highest BCUT2D eigenvalue weighted by molar-refractivity contribution is 5.91. The lowest BCUT2D eigenvalue weighted by Crippen LogP contribution is -2.30. The predicted molar refractivity (Wildman–Crippen MR) is 81.4 cm³/mol. The van der Waals surface area contributed by atoms with Gasteiger partial charge in [-0.2, -0.15) is 0 Å². The van der Waals surface area contributed by atoms with Gasteiger partial charge >= 0.3 is 0 Å². The number of aromatic nitrogens is 1. The van der Waals surface area contributed by atoms with Crippen LogP contribution in [-0.4, -0.2) is 11.0 Å². The number of hydrogen-bond acceptors (Lipinski definition) is 2. The zero-order valence-electron chi connectivity index (χ0n) is 11.8. The van der Waals surface area contributed by atoms with Gasteiger partial charge in [-0.3, -0.25) is 0 Å². The van der Waals surface area contributed by atoms with Gasteiger partial charge in [0, 0.05) is 17.6 Å². The molecule has 0 unspecified atom stereocenters. The number of pyridine rings is 1. The SMILES string of the molecule is CC1(C)CCC(Nc2nccc3ccccc23)CC1. The van der Waals surface area contributed by atoms with E-state index in [0.717, 1.165) is 5.82 Å². The first-order chi connectivity index (χ1) is 9.14. The lowest BCUT2D eigenvalue weighted by molar-refractivity contribution is 0.232. The van der Waals surface area contributed by atoms with Gasteiger partial charge in [-0.1, -0.05) is 38.1 Å². The van der Waals surface area contributed by atoms with E-state index in [9.17, 15) is 0 Å². The Bertz CT molecular complexity index is 559. The molecule has 0 saturated heterocycles. The third-order valence-electron chi connectivity index (χ3n) is 4.35. The van der Waals surface area contributed by atoms with Crippen molar-refractivity contribution in [1.82, 2.24) is 4.98 Å². The summed E-state index contributed by atoms with van der Waals surface area (Å²) < 4.78 is 0. The van der Waals surface area contributed by atoms with E-state index < -0.39 is 0 Å². The summed E-state index contributed by atoms with van der Waals surface area (Å²) in [7, 11) is 0. The summed E-state index contributed by atoms with van der Waals surface area (Å²) in [6.07, 6.45) is 7.00. The maximum Gasteiger partial charge on any atom is 0.134 e. The van der Waals surface area contributed by atoms with E-state index >= 15 is 0 Å². The molecular formula is C17H22N2. The van der Waals surface area contributed by atoms with Crippen molar-refractivity contribution in [1.29, 1.82) is 0 Å². The maximum atomic E-state index is 4.53. The molecule has 2 heteroatoms. The maximum absolute atomic E-state index is 4.53. The fraction of sp³-hybridized carbons (Fsp3) is 0.471. The molecule has 1 heterocycles. The molecule has 19 heavy (non-hydrogen) atoms. The van der Waals surface area contributed by atoms with Crippen molar-refractivity contribution < 1.29 is 0 Å². The highest BCUT2D eigenvalue weighted by Gasteiger charge is 2.26. The lowest BCUT2D eigenvalue weighted by atomic mass is 9.75. The fourth-order valence-electron chi connectivity index (χ4n) is 2.97. The summed E-state index contributed by atoms with van der Waals surface area (Å²) in [5.41, 5.74) is 0.518. The molecule has 1 aromatic carbocycles. The second-order valence-corrected chi connectivity index (χ2v) is 6.46. The smallest absolute Gasteiger partial charge is 0.134 e. The van der Waals surface area contributed by atoms with Gasteiger partial charge in [-0.15, -0.1) is 0 Å². The highest BCUT2D eigenvalue weighted by atomic mass is 15.0. The average Bonchev–Trinajstić information content (AvgIpc) is 2.42. The number of hydrogen-bond donors (Lipinski definition) is 1. The summed E-state index contributed by atoms with van der Waals surface area (Å²) in [6.45, 7) is 4.75.